The van der Waals surface area contributed by atoms with Crippen molar-refractivity contribution in [1.29, 1.82) is 0 Å². The Balaban J connectivity index is 2.90. The molecule has 6 heteroatoms. The lowest BCUT2D eigenvalue weighted by Gasteiger charge is -2.12. The number of ether oxygens (including phenoxy) is 1. The molecular weight excluding hydrogens is 302 g/mol. The Hall–Kier alpha value is -1.14. The summed E-state index contributed by atoms with van der Waals surface area (Å²) in [7, 11) is 0. The minimum Gasteiger partial charge on any atom is -0.490 e. The number of hydrogen-bond donors (Lipinski definition) is 2. The maximum Gasteiger partial charge on any atom is 0.184 e. The van der Waals surface area contributed by atoms with E-state index in [0.717, 1.165) is 15.8 Å². The van der Waals surface area contributed by atoms with Gasteiger partial charge in [-0.3, -0.25) is 5.43 Å². The van der Waals surface area contributed by atoms with E-state index < -0.39 is 0 Å². The SMILES string of the molecule is CC(C)Oc1ccc(Br)cc1/C=N\NC(N)=S. The molecule has 92 valence electrons. The van der Waals surface area contributed by atoms with Gasteiger partial charge in [-0.15, -0.1) is 0 Å². The van der Waals surface area contributed by atoms with Gasteiger partial charge < -0.3 is 10.5 Å². The van der Waals surface area contributed by atoms with Crippen LogP contribution >= 0.6 is 28.1 Å². The van der Waals surface area contributed by atoms with Crippen LogP contribution in [0.3, 0.4) is 0 Å². The summed E-state index contributed by atoms with van der Waals surface area (Å²) >= 11 is 8.05. The molecule has 17 heavy (non-hydrogen) atoms. The van der Waals surface area contributed by atoms with Crippen molar-refractivity contribution >= 4 is 39.5 Å². The van der Waals surface area contributed by atoms with Crippen molar-refractivity contribution in [1.82, 2.24) is 5.43 Å². The number of hydrogen-bond acceptors (Lipinski definition) is 3. The van der Waals surface area contributed by atoms with Crippen molar-refractivity contribution in [3.63, 3.8) is 0 Å². The minimum atomic E-state index is 0.104. The molecule has 0 heterocycles. The number of benzene rings is 1. The van der Waals surface area contributed by atoms with Crippen LogP contribution in [0, 0.1) is 0 Å². The van der Waals surface area contributed by atoms with Crippen molar-refractivity contribution in [2.75, 3.05) is 0 Å². The van der Waals surface area contributed by atoms with Crippen molar-refractivity contribution < 1.29 is 4.74 Å². The Morgan fingerprint density at radius 1 is 1.59 bits per heavy atom. The zero-order valence-electron chi connectivity index (χ0n) is 9.61. The van der Waals surface area contributed by atoms with Crippen molar-refractivity contribution in [2.45, 2.75) is 20.0 Å². The quantitative estimate of drug-likeness (QED) is 0.509. The normalized spacial score (nSPS) is 10.8. The first-order valence-electron chi connectivity index (χ1n) is 5.03. The maximum atomic E-state index is 5.65. The molecule has 0 aliphatic rings. The molecule has 0 atom stereocenters. The van der Waals surface area contributed by atoms with Crippen LogP contribution in [0.25, 0.3) is 0 Å². The Kier molecular flexibility index (Phi) is 5.37. The van der Waals surface area contributed by atoms with E-state index in [0.29, 0.717) is 0 Å². The molecule has 1 aromatic carbocycles. The Morgan fingerprint density at radius 2 is 2.29 bits per heavy atom. The fraction of sp³-hybridized carbons (Fsp3) is 0.273. The van der Waals surface area contributed by atoms with Crippen LogP contribution in [-0.4, -0.2) is 17.4 Å². The lowest BCUT2D eigenvalue weighted by atomic mass is 10.2. The van der Waals surface area contributed by atoms with E-state index in [9.17, 15) is 0 Å². The van der Waals surface area contributed by atoms with Gasteiger partial charge >= 0.3 is 0 Å². The molecule has 0 aliphatic heterocycles. The predicted molar refractivity (Wildman–Crippen MR) is 77.4 cm³/mol. The highest BCUT2D eigenvalue weighted by molar-refractivity contribution is 9.10. The predicted octanol–water partition coefficient (Wildman–Crippen LogP) is 2.40. The summed E-state index contributed by atoms with van der Waals surface area (Å²) in [4.78, 5) is 0. The third-order valence-electron chi connectivity index (χ3n) is 1.71. The second-order valence-electron chi connectivity index (χ2n) is 3.58. The third-order valence-corrected chi connectivity index (χ3v) is 2.30. The molecule has 3 N–H and O–H groups in total. The van der Waals surface area contributed by atoms with Crippen LogP contribution in [0.1, 0.15) is 19.4 Å². The Labute approximate surface area is 114 Å². The zero-order chi connectivity index (χ0) is 12.8. The van der Waals surface area contributed by atoms with Crippen LogP contribution < -0.4 is 15.9 Å². The molecule has 0 aromatic heterocycles. The molecule has 0 saturated heterocycles. The number of nitrogens with one attached hydrogen (secondary N) is 1. The topological polar surface area (TPSA) is 59.6 Å². The maximum absolute atomic E-state index is 5.65. The first-order chi connectivity index (χ1) is 7.99. The first-order valence-corrected chi connectivity index (χ1v) is 6.24. The van der Waals surface area contributed by atoms with Gasteiger partial charge in [0.2, 0.25) is 0 Å². The molecule has 0 bridgehead atoms. The highest BCUT2D eigenvalue weighted by Crippen LogP contribution is 2.22. The van der Waals surface area contributed by atoms with E-state index in [1.807, 2.05) is 32.0 Å². The van der Waals surface area contributed by atoms with E-state index in [1.165, 1.54) is 0 Å². The summed E-state index contributed by atoms with van der Waals surface area (Å²) in [6, 6.07) is 5.70. The molecule has 0 unspecified atom stereocenters. The van der Waals surface area contributed by atoms with E-state index in [4.69, 9.17) is 10.5 Å². The Bertz CT molecular complexity index is 435. The van der Waals surface area contributed by atoms with Gasteiger partial charge in [-0.1, -0.05) is 15.9 Å². The van der Waals surface area contributed by atoms with Gasteiger partial charge in [-0.2, -0.15) is 5.10 Å². The molecular formula is C11H14BrN3OS. The van der Waals surface area contributed by atoms with Gasteiger partial charge in [-0.05, 0) is 44.3 Å². The third kappa shape index (κ3) is 5.14. The monoisotopic (exact) mass is 315 g/mol. The van der Waals surface area contributed by atoms with Crippen LogP contribution in [0.2, 0.25) is 0 Å². The lowest BCUT2D eigenvalue weighted by Crippen LogP contribution is -2.24. The summed E-state index contributed by atoms with van der Waals surface area (Å²) < 4.78 is 6.60. The van der Waals surface area contributed by atoms with E-state index in [-0.39, 0.29) is 11.2 Å². The first kappa shape index (κ1) is 13.9. The fourth-order valence-corrected chi connectivity index (χ4v) is 1.58. The highest BCUT2D eigenvalue weighted by atomic mass is 79.9. The number of thiocarbonyl (C=S) groups is 1. The van der Waals surface area contributed by atoms with Crippen molar-refractivity contribution in [3.8, 4) is 5.75 Å². The fourth-order valence-electron chi connectivity index (χ4n) is 1.15. The summed E-state index contributed by atoms with van der Waals surface area (Å²) in [5.74, 6) is 0.761. The largest absolute Gasteiger partial charge is 0.490 e. The number of rotatable bonds is 4. The van der Waals surface area contributed by atoms with Crippen LogP contribution in [-0.2, 0) is 0 Å². The molecule has 0 spiro atoms. The molecule has 0 amide bonds. The van der Waals surface area contributed by atoms with Gasteiger partial charge in [0.25, 0.3) is 0 Å². The lowest BCUT2D eigenvalue weighted by molar-refractivity contribution is 0.242. The molecule has 0 aliphatic carbocycles. The van der Waals surface area contributed by atoms with E-state index >= 15 is 0 Å². The second-order valence-corrected chi connectivity index (χ2v) is 4.94. The summed E-state index contributed by atoms with van der Waals surface area (Å²) in [6.07, 6.45) is 1.72. The molecule has 4 nitrogen and oxygen atoms in total. The summed E-state index contributed by atoms with van der Waals surface area (Å²) in [5, 5.41) is 4.04. The highest BCUT2D eigenvalue weighted by Gasteiger charge is 2.04. The summed E-state index contributed by atoms with van der Waals surface area (Å²) in [6.45, 7) is 3.94. The molecule has 0 saturated carbocycles. The number of halogens is 1. The van der Waals surface area contributed by atoms with Gasteiger partial charge in [0.1, 0.15) is 5.75 Å². The molecule has 0 fully saturated rings. The molecule has 0 radical (unpaired) electrons. The second kappa shape index (κ2) is 6.56. The molecule has 1 rings (SSSR count). The average Bonchev–Trinajstić information content (AvgIpc) is 2.21. The molecule has 1 aromatic rings. The van der Waals surface area contributed by atoms with Gasteiger partial charge in [0.15, 0.2) is 5.11 Å². The standard InChI is InChI=1S/C11H14BrN3OS/c1-7(2)16-10-4-3-9(12)5-8(10)6-14-15-11(13)17/h3-7H,1-2H3,(H3,13,15,17)/b14-6-. The Morgan fingerprint density at radius 3 is 2.88 bits per heavy atom. The number of nitrogens with zero attached hydrogens (tertiary/aromatic N) is 1. The zero-order valence-corrected chi connectivity index (χ0v) is 12.0. The minimum absolute atomic E-state index is 0.104. The van der Waals surface area contributed by atoms with Gasteiger partial charge in [0.05, 0.1) is 12.3 Å². The van der Waals surface area contributed by atoms with Gasteiger partial charge in [0, 0.05) is 10.0 Å². The van der Waals surface area contributed by atoms with Gasteiger partial charge in [-0.25, -0.2) is 0 Å². The van der Waals surface area contributed by atoms with Crippen LogP contribution in [0.4, 0.5) is 0 Å². The van der Waals surface area contributed by atoms with Crippen LogP contribution in [0.15, 0.2) is 27.8 Å². The van der Waals surface area contributed by atoms with Crippen molar-refractivity contribution in [3.05, 3.63) is 28.2 Å². The van der Waals surface area contributed by atoms with Crippen LogP contribution in [0.5, 0.6) is 5.75 Å². The number of nitrogens with two attached hydrogens (primary N) is 1. The number of hydrazone groups is 1. The van der Waals surface area contributed by atoms with E-state index in [1.54, 1.807) is 6.21 Å². The van der Waals surface area contributed by atoms with Crippen molar-refractivity contribution in [2.24, 2.45) is 10.8 Å². The summed E-state index contributed by atoms with van der Waals surface area (Å²) in [5.41, 5.74) is 8.62. The average molecular weight is 316 g/mol. The smallest absolute Gasteiger partial charge is 0.184 e. The van der Waals surface area contributed by atoms with E-state index in [2.05, 4.69) is 38.7 Å².